The zero-order valence-corrected chi connectivity index (χ0v) is 8.74. The van der Waals surface area contributed by atoms with Crippen LogP contribution in [-0.4, -0.2) is 39.4 Å². The maximum absolute atomic E-state index is 11.1. The molecule has 0 saturated heterocycles. The van der Waals surface area contributed by atoms with Crippen LogP contribution < -0.4 is 18.9 Å². The largest absolute Gasteiger partial charge is 1.00 e. The topological polar surface area (TPSA) is 112 Å². The van der Waals surface area contributed by atoms with Crippen LogP contribution in [0.2, 0.25) is 0 Å². The summed E-state index contributed by atoms with van der Waals surface area (Å²) in [7, 11) is -3.56. The van der Waals surface area contributed by atoms with Crippen molar-refractivity contribution in [2.75, 3.05) is 12.3 Å². The molecule has 0 saturated carbocycles. The van der Waals surface area contributed by atoms with Crippen molar-refractivity contribution in [3.8, 4) is 0 Å². The molecule has 0 unspecified atom stereocenters. The van der Waals surface area contributed by atoms with Crippen LogP contribution in [0.1, 0.15) is 14.3 Å². The molecule has 0 aliphatic heterocycles. The maximum Gasteiger partial charge on any atom is 1.00 e. The number of carbonyl (C=O) groups is 2. The van der Waals surface area contributed by atoms with E-state index in [1.165, 1.54) is 0 Å². The number of hydrogen-bond acceptors (Lipinski definition) is 3. The maximum atomic E-state index is 11.1. The third-order valence-corrected chi connectivity index (χ3v) is 3.19. The number of carboxylic acid groups (broad SMARTS) is 2. The fraction of sp³-hybridized carbons (Fsp3) is 0.667. The van der Waals surface area contributed by atoms with Crippen molar-refractivity contribution < 1.29 is 49.5 Å². The Morgan fingerprint density at radius 3 is 1.57 bits per heavy atom. The third-order valence-electron chi connectivity index (χ3n) is 1.35. The molecule has 0 rings (SSSR count). The molecule has 0 heterocycles. The van der Waals surface area contributed by atoms with E-state index >= 15 is 0 Å². The Morgan fingerprint density at radius 1 is 1.07 bits per heavy atom. The summed E-state index contributed by atoms with van der Waals surface area (Å²) >= 11 is 0. The molecule has 6 nitrogen and oxygen atoms in total. The number of carboxylic acids is 2. The van der Waals surface area contributed by atoms with Gasteiger partial charge in [0, 0.05) is 12.3 Å². The van der Waals surface area contributed by atoms with Gasteiger partial charge in [-0.3, -0.25) is 14.2 Å². The first-order valence-electron chi connectivity index (χ1n) is 3.58. The summed E-state index contributed by atoms with van der Waals surface area (Å²) in [4.78, 5) is 29.1. The van der Waals surface area contributed by atoms with E-state index in [4.69, 9.17) is 15.1 Å². The molecule has 0 fully saturated rings. The van der Waals surface area contributed by atoms with E-state index in [9.17, 15) is 14.2 Å². The van der Waals surface area contributed by atoms with Gasteiger partial charge in [0.2, 0.25) is 7.37 Å². The standard InChI is InChI=1S/C6H11O6P.Li.H/c7-5(8)1-3-13(11,12)4-2-6(9)10;;/h1-4H2,(H,7,8)(H,9,10)(H,11,12);;/q;+1;-1. The molecule has 0 aliphatic rings. The Kier molecular flexibility index (Phi) is 8.17. The first-order chi connectivity index (χ1) is 5.83. The minimum atomic E-state index is -3.56. The van der Waals surface area contributed by atoms with E-state index < -0.39 is 32.1 Å². The Morgan fingerprint density at radius 2 is 1.36 bits per heavy atom. The molecule has 8 heteroatoms. The van der Waals surface area contributed by atoms with Crippen LogP contribution in [-0.2, 0) is 14.2 Å². The first-order valence-corrected chi connectivity index (χ1v) is 5.61. The van der Waals surface area contributed by atoms with Crippen LogP contribution in [0.15, 0.2) is 0 Å². The second kappa shape index (κ2) is 7.08. The van der Waals surface area contributed by atoms with Gasteiger partial charge in [0.1, 0.15) is 0 Å². The van der Waals surface area contributed by atoms with Gasteiger partial charge in [0.25, 0.3) is 0 Å². The van der Waals surface area contributed by atoms with Crippen LogP contribution in [0.3, 0.4) is 0 Å². The Balaban J connectivity index is -0.000000720. The molecule has 0 amide bonds. The summed E-state index contributed by atoms with van der Waals surface area (Å²) < 4.78 is 11.1. The van der Waals surface area contributed by atoms with Gasteiger partial charge in [-0.2, -0.15) is 0 Å². The molecule has 0 spiro atoms. The zero-order valence-electron chi connectivity index (χ0n) is 8.84. The average Bonchev–Trinajstić information content (AvgIpc) is 1.98. The smallest absolute Gasteiger partial charge is 1.00 e. The summed E-state index contributed by atoms with van der Waals surface area (Å²) in [5, 5.41) is 16.4. The van der Waals surface area contributed by atoms with Crippen LogP contribution in [0.5, 0.6) is 0 Å². The van der Waals surface area contributed by atoms with Gasteiger partial charge in [0.15, 0.2) is 0 Å². The summed E-state index contributed by atoms with van der Waals surface area (Å²) in [6, 6.07) is 0. The zero-order chi connectivity index (χ0) is 10.5. The normalized spacial score (nSPS) is 10.4. The molecule has 0 aromatic heterocycles. The van der Waals surface area contributed by atoms with Gasteiger partial charge in [0.05, 0.1) is 12.8 Å². The minimum absolute atomic E-state index is 0. The number of aliphatic carboxylic acids is 2. The van der Waals surface area contributed by atoms with E-state index in [1.54, 1.807) is 0 Å². The van der Waals surface area contributed by atoms with E-state index in [1.807, 2.05) is 0 Å². The molecule has 14 heavy (non-hydrogen) atoms. The van der Waals surface area contributed by atoms with Crippen LogP contribution in [0.4, 0.5) is 0 Å². The monoisotopic (exact) mass is 218 g/mol. The summed E-state index contributed by atoms with van der Waals surface area (Å²) in [6.07, 6.45) is -1.55. The van der Waals surface area contributed by atoms with Gasteiger partial charge >= 0.3 is 30.8 Å². The van der Waals surface area contributed by atoms with Crippen molar-refractivity contribution >= 4 is 19.3 Å². The second-order valence-electron chi connectivity index (χ2n) is 2.58. The number of rotatable bonds is 6. The van der Waals surface area contributed by atoms with Crippen molar-refractivity contribution in [3.63, 3.8) is 0 Å². The minimum Gasteiger partial charge on any atom is -1.00 e. The van der Waals surface area contributed by atoms with Gasteiger partial charge in [-0.25, -0.2) is 0 Å². The molecule has 0 aliphatic carbocycles. The van der Waals surface area contributed by atoms with Crippen molar-refractivity contribution in [2.45, 2.75) is 12.8 Å². The predicted molar refractivity (Wildman–Crippen MR) is 45.2 cm³/mol. The molecule has 0 bridgehead atoms. The predicted octanol–water partition coefficient (Wildman–Crippen LogP) is -2.68. The van der Waals surface area contributed by atoms with Crippen LogP contribution >= 0.6 is 7.37 Å². The first kappa shape index (κ1) is 16.2. The van der Waals surface area contributed by atoms with Crippen molar-refractivity contribution in [2.24, 2.45) is 0 Å². The second-order valence-corrected chi connectivity index (χ2v) is 5.17. The van der Waals surface area contributed by atoms with Crippen LogP contribution in [0.25, 0.3) is 0 Å². The third kappa shape index (κ3) is 9.81. The van der Waals surface area contributed by atoms with Crippen molar-refractivity contribution in [1.82, 2.24) is 0 Å². The van der Waals surface area contributed by atoms with E-state index in [-0.39, 0.29) is 32.6 Å². The van der Waals surface area contributed by atoms with Gasteiger partial charge in [-0.05, 0) is 0 Å². The SMILES string of the molecule is O=C(O)CCP(=O)(O)CCC(=O)O.[H-].[Li+]. The molecule has 0 atom stereocenters. The Bertz CT molecular complexity index is 236. The molecular weight excluding hydrogens is 206 g/mol. The summed E-state index contributed by atoms with van der Waals surface area (Å²) in [6.45, 7) is 0. The van der Waals surface area contributed by atoms with E-state index in [0.717, 1.165) is 0 Å². The van der Waals surface area contributed by atoms with E-state index in [2.05, 4.69) is 0 Å². The van der Waals surface area contributed by atoms with Gasteiger partial charge < -0.3 is 16.5 Å². The number of hydrogen-bond donors (Lipinski definition) is 3. The van der Waals surface area contributed by atoms with E-state index in [0.29, 0.717) is 0 Å². The van der Waals surface area contributed by atoms with Crippen molar-refractivity contribution in [1.29, 1.82) is 0 Å². The Labute approximate surface area is 94.4 Å². The van der Waals surface area contributed by atoms with Crippen LogP contribution in [0, 0.1) is 0 Å². The molecule has 0 aromatic rings. The molecule has 0 radical (unpaired) electrons. The molecule has 0 aromatic carbocycles. The molecular formula is C6H12LiO6P. The molecule has 78 valence electrons. The summed E-state index contributed by atoms with van der Waals surface area (Å²) in [5.74, 6) is -2.32. The summed E-state index contributed by atoms with van der Waals surface area (Å²) in [5.41, 5.74) is 0. The fourth-order valence-corrected chi connectivity index (χ4v) is 1.96. The average molecular weight is 218 g/mol. The fourth-order valence-electron chi connectivity index (χ4n) is 0.652. The van der Waals surface area contributed by atoms with Crippen molar-refractivity contribution in [3.05, 3.63) is 0 Å². The Hall–Kier alpha value is -0.273. The quantitative estimate of drug-likeness (QED) is 0.331. The molecule has 3 N–H and O–H groups in total. The van der Waals surface area contributed by atoms with Gasteiger partial charge in [-0.1, -0.05) is 0 Å². The van der Waals surface area contributed by atoms with Gasteiger partial charge in [-0.15, -0.1) is 0 Å².